The van der Waals surface area contributed by atoms with E-state index < -0.39 is 0 Å². The number of rotatable bonds is 4. The van der Waals surface area contributed by atoms with Crippen molar-refractivity contribution in [3.8, 4) is 5.75 Å². The van der Waals surface area contributed by atoms with Crippen LogP contribution in [0.5, 0.6) is 5.75 Å². The lowest BCUT2D eigenvalue weighted by Crippen LogP contribution is -2.57. The number of likely N-dealkylation sites (N-methyl/N-ethyl adjacent to an activating group) is 1. The number of anilines is 1. The number of phenolic OH excluding ortho intramolecular Hbond substituents is 1. The SMILES string of the molecule is CCN1CCN(C(=O)C(C)N2CCN(c3ccc(O)cc3)CC2)CC1. The fraction of sp³-hybridized carbons (Fsp3) is 0.632. The van der Waals surface area contributed by atoms with Crippen molar-refractivity contribution in [2.45, 2.75) is 19.9 Å². The van der Waals surface area contributed by atoms with Crippen LogP contribution < -0.4 is 4.90 Å². The number of hydrogen-bond acceptors (Lipinski definition) is 5. The minimum Gasteiger partial charge on any atom is -0.508 e. The summed E-state index contributed by atoms with van der Waals surface area (Å²) in [5, 5.41) is 9.42. The van der Waals surface area contributed by atoms with E-state index in [1.807, 2.05) is 24.0 Å². The van der Waals surface area contributed by atoms with Crippen LogP contribution in [0.15, 0.2) is 24.3 Å². The number of phenols is 1. The number of piperazine rings is 2. The van der Waals surface area contributed by atoms with Crippen LogP contribution in [0.3, 0.4) is 0 Å². The molecule has 0 aliphatic carbocycles. The third-order valence-corrected chi connectivity index (χ3v) is 5.57. The maximum Gasteiger partial charge on any atom is 0.239 e. The van der Waals surface area contributed by atoms with Gasteiger partial charge in [-0.15, -0.1) is 0 Å². The number of carbonyl (C=O) groups is 1. The summed E-state index contributed by atoms with van der Waals surface area (Å²) in [5.74, 6) is 0.568. The van der Waals surface area contributed by atoms with Crippen molar-refractivity contribution in [3.63, 3.8) is 0 Å². The third kappa shape index (κ3) is 4.25. The summed E-state index contributed by atoms with van der Waals surface area (Å²) in [6, 6.07) is 7.31. The van der Waals surface area contributed by atoms with E-state index in [0.29, 0.717) is 5.75 Å². The van der Waals surface area contributed by atoms with Gasteiger partial charge in [0.15, 0.2) is 0 Å². The standard InChI is InChI=1S/C19H30N4O2/c1-3-20-8-10-23(11-9-20)19(25)16(2)21-12-14-22(15-13-21)17-4-6-18(24)7-5-17/h4-7,16,24H,3,8-15H2,1-2H3. The maximum absolute atomic E-state index is 12.8. The van der Waals surface area contributed by atoms with Gasteiger partial charge in [0.1, 0.15) is 5.75 Å². The smallest absolute Gasteiger partial charge is 0.239 e. The lowest BCUT2D eigenvalue weighted by molar-refractivity contribution is -0.138. The van der Waals surface area contributed by atoms with Gasteiger partial charge in [0.25, 0.3) is 0 Å². The van der Waals surface area contributed by atoms with E-state index in [9.17, 15) is 9.90 Å². The van der Waals surface area contributed by atoms with Gasteiger partial charge in [-0.25, -0.2) is 0 Å². The quantitative estimate of drug-likeness (QED) is 0.884. The predicted molar refractivity (Wildman–Crippen MR) is 100 cm³/mol. The van der Waals surface area contributed by atoms with E-state index in [-0.39, 0.29) is 11.9 Å². The molecule has 2 aliphatic heterocycles. The molecule has 0 spiro atoms. The molecule has 2 heterocycles. The number of aromatic hydroxyl groups is 1. The number of benzene rings is 1. The van der Waals surface area contributed by atoms with Gasteiger partial charge >= 0.3 is 0 Å². The van der Waals surface area contributed by atoms with Gasteiger partial charge in [0.2, 0.25) is 5.91 Å². The van der Waals surface area contributed by atoms with Crippen LogP contribution in [-0.4, -0.2) is 90.7 Å². The molecule has 0 radical (unpaired) electrons. The molecular weight excluding hydrogens is 316 g/mol. The Labute approximate surface area is 150 Å². The van der Waals surface area contributed by atoms with Crippen LogP contribution in [0.25, 0.3) is 0 Å². The Morgan fingerprint density at radius 2 is 1.60 bits per heavy atom. The van der Waals surface area contributed by atoms with Gasteiger partial charge in [0, 0.05) is 58.0 Å². The molecule has 2 saturated heterocycles. The summed E-state index contributed by atoms with van der Waals surface area (Å²) >= 11 is 0. The van der Waals surface area contributed by atoms with Crippen LogP contribution in [0, 0.1) is 0 Å². The molecule has 1 aromatic rings. The second kappa shape index (κ2) is 8.06. The molecule has 2 fully saturated rings. The zero-order valence-electron chi connectivity index (χ0n) is 15.4. The normalized spacial score (nSPS) is 21.4. The average molecular weight is 346 g/mol. The summed E-state index contributed by atoms with van der Waals surface area (Å²) in [5.41, 5.74) is 1.13. The molecule has 6 nitrogen and oxygen atoms in total. The van der Waals surface area contributed by atoms with E-state index in [4.69, 9.17) is 0 Å². The molecule has 25 heavy (non-hydrogen) atoms. The fourth-order valence-corrected chi connectivity index (χ4v) is 3.74. The third-order valence-electron chi connectivity index (χ3n) is 5.57. The molecule has 138 valence electrons. The first-order chi connectivity index (χ1) is 12.1. The average Bonchev–Trinajstić information content (AvgIpc) is 2.67. The van der Waals surface area contributed by atoms with Crippen molar-refractivity contribution >= 4 is 11.6 Å². The maximum atomic E-state index is 12.8. The summed E-state index contributed by atoms with van der Waals surface area (Å²) in [4.78, 5) is 21.8. The van der Waals surface area contributed by atoms with Crippen LogP contribution in [0.2, 0.25) is 0 Å². The minimum absolute atomic E-state index is 0.0462. The van der Waals surface area contributed by atoms with Gasteiger partial charge in [0.05, 0.1) is 6.04 Å². The fourth-order valence-electron chi connectivity index (χ4n) is 3.74. The van der Waals surface area contributed by atoms with Crippen molar-refractivity contribution < 1.29 is 9.90 Å². The molecular formula is C19H30N4O2. The van der Waals surface area contributed by atoms with Crippen LogP contribution in [0.1, 0.15) is 13.8 Å². The zero-order chi connectivity index (χ0) is 17.8. The summed E-state index contributed by atoms with van der Waals surface area (Å²) in [6.45, 7) is 12.6. The Hall–Kier alpha value is -1.79. The van der Waals surface area contributed by atoms with Gasteiger partial charge < -0.3 is 19.8 Å². The first-order valence-corrected chi connectivity index (χ1v) is 9.37. The topological polar surface area (TPSA) is 50.3 Å². The van der Waals surface area contributed by atoms with Gasteiger partial charge in [-0.1, -0.05) is 6.92 Å². The predicted octanol–water partition coefficient (Wildman–Crippen LogP) is 1.07. The van der Waals surface area contributed by atoms with Crippen LogP contribution in [-0.2, 0) is 4.79 Å². The minimum atomic E-state index is -0.0462. The van der Waals surface area contributed by atoms with Crippen molar-refractivity contribution in [2.75, 3.05) is 63.8 Å². The van der Waals surface area contributed by atoms with E-state index in [0.717, 1.165) is 64.6 Å². The summed E-state index contributed by atoms with van der Waals surface area (Å²) in [6.07, 6.45) is 0. The van der Waals surface area contributed by atoms with Crippen LogP contribution in [0.4, 0.5) is 5.69 Å². The van der Waals surface area contributed by atoms with Gasteiger partial charge in [-0.2, -0.15) is 0 Å². The molecule has 1 amide bonds. The zero-order valence-corrected chi connectivity index (χ0v) is 15.4. The molecule has 0 aromatic heterocycles. The molecule has 6 heteroatoms. The Bertz CT molecular complexity index is 561. The van der Waals surface area contributed by atoms with Crippen molar-refractivity contribution in [1.82, 2.24) is 14.7 Å². The molecule has 1 N–H and O–H groups in total. The first-order valence-electron chi connectivity index (χ1n) is 9.37. The van der Waals surface area contributed by atoms with E-state index >= 15 is 0 Å². The summed E-state index contributed by atoms with van der Waals surface area (Å²) < 4.78 is 0. The Kier molecular flexibility index (Phi) is 5.81. The molecule has 1 unspecified atom stereocenters. The highest BCUT2D eigenvalue weighted by atomic mass is 16.3. The monoisotopic (exact) mass is 346 g/mol. The van der Waals surface area contributed by atoms with Crippen molar-refractivity contribution in [3.05, 3.63) is 24.3 Å². The Morgan fingerprint density at radius 1 is 1.00 bits per heavy atom. The number of nitrogens with zero attached hydrogens (tertiary/aromatic N) is 4. The van der Waals surface area contributed by atoms with Gasteiger partial charge in [-0.3, -0.25) is 9.69 Å². The van der Waals surface area contributed by atoms with E-state index in [1.165, 1.54) is 0 Å². The lowest BCUT2D eigenvalue weighted by Gasteiger charge is -2.41. The molecule has 1 aromatic carbocycles. The Morgan fingerprint density at radius 3 is 2.16 bits per heavy atom. The molecule has 0 bridgehead atoms. The molecule has 3 rings (SSSR count). The summed E-state index contributed by atoms with van der Waals surface area (Å²) in [7, 11) is 0. The molecule has 0 saturated carbocycles. The van der Waals surface area contributed by atoms with Crippen molar-refractivity contribution in [2.24, 2.45) is 0 Å². The number of amides is 1. The number of hydrogen-bond donors (Lipinski definition) is 1. The van der Waals surface area contributed by atoms with E-state index in [2.05, 4.69) is 21.6 Å². The first kappa shape index (κ1) is 18.0. The second-order valence-electron chi connectivity index (χ2n) is 6.97. The Balaban J connectivity index is 1.50. The van der Waals surface area contributed by atoms with Crippen molar-refractivity contribution in [1.29, 1.82) is 0 Å². The van der Waals surface area contributed by atoms with Gasteiger partial charge in [-0.05, 0) is 37.7 Å². The molecule has 1 atom stereocenters. The number of carbonyl (C=O) groups excluding carboxylic acids is 1. The highest BCUT2D eigenvalue weighted by molar-refractivity contribution is 5.81. The second-order valence-corrected chi connectivity index (χ2v) is 6.97. The van der Waals surface area contributed by atoms with E-state index in [1.54, 1.807) is 12.1 Å². The largest absolute Gasteiger partial charge is 0.508 e. The van der Waals surface area contributed by atoms with Crippen LogP contribution >= 0.6 is 0 Å². The highest BCUT2D eigenvalue weighted by Gasteiger charge is 2.30. The molecule has 2 aliphatic rings. The lowest BCUT2D eigenvalue weighted by atomic mass is 10.1. The highest BCUT2D eigenvalue weighted by Crippen LogP contribution is 2.20.